The molecule has 2 N–H and O–H groups in total. The van der Waals surface area contributed by atoms with Crippen molar-refractivity contribution < 1.29 is 24.0 Å². The lowest BCUT2D eigenvalue weighted by Gasteiger charge is -2.27. The minimum absolute atomic E-state index is 0.0323. The molecule has 1 aliphatic rings. The number of rotatable bonds is 22. The summed E-state index contributed by atoms with van der Waals surface area (Å²) in [5.41, 5.74) is 1.60. The third kappa shape index (κ3) is 13.6. The van der Waals surface area contributed by atoms with Gasteiger partial charge in [0.2, 0.25) is 11.8 Å². The normalized spacial score (nSPS) is 16.1. The topological polar surface area (TPSA) is 113 Å². The highest BCUT2D eigenvalue weighted by atomic mass is 16.2. The van der Waals surface area contributed by atoms with Gasteiger partial charge in [-0.2, -0.15) is 0 Å². The summed E-state index contributed by atoms with van der Waals surface area (Å²) >= 11 is 0. The molecule has 0 bridgehead atoms. The molecule has 2 aromatic carbocycles. The molecule has 8 nitrogen and oxygen atoms in total. The van der Waals surface area contributed by atoms with Crippen molar-refractivity contribution in [2.75, 3.05) is 20.6 Å². The smallest absolute Gasteiger partial charge is 0.224 e. The van der Waals surface area contributed by atoms with Gasteiger partial charge in [-0.05, 0) is 82.0 Å². The Labute approximate surface area is 294 Å². The molecule has 2 unspecified atom stereocenters. The summed E-state index contributed by atoms with van der Waals surface area (Å²) in [6.45, 7) is 10.3. The first-order valence-corrected chi connectivity index (χ1v) is 18.1. The van der Waals surface area contributed by atoms with E-state index in [1.807, 2.05) is 109 Å². The number of likely N-dealkylation sites (N-methyl/N-ethyl adjacent to an activating group) is 1. The quantitative estimate of drug-likeness (QED) is 0.159. The molecule has 2 aromatic rings. The molecule has 0 heterocycles. The number of hydrogen-bond donors (Lipinski definition) is 2. The second-order valence-corrected chi connectivity index (χ2v) is 15.6. The third-order valence-corrected chi connectivity index (χ3v) is 9.45. The van der Waals surface area contributed by atoms with Gasteiger partial charge < -0.3 is 15.5 Å². The number of Topliss-reactive ketones (excluding diaryl/α,β-unsaturated/α-hetero) is 3. The van der Waals surface area contributed by atoms with Gasteiger partial charge in [-0.15, -0.1) is 0 Å². The number of hydrogen-bond acceptors (Lipinski definition) is 6. The lowest BCUT2D eigenvalue weighted by atomic mass is 9.87. The maximum Gasteiger partial charge on any atom is 0.224 e. The summed E-state index contributed by atoms with van der Waals surface area (Å²) in [6.07, 6.45) is 4.04. The fourth-order valence-corrected chi connectivity index (χ4v) is 6.42. The van der Waals surface area contributed by atoms with Crippen molar-refractivity contribution in [3.63, 3.8) is 0 Å². The molecule has 1 aliphatic carbocycles. The Morgan fingerprint density at radius 2 is 1.22 bits per heavy atom. The van der Waals surface area contributed by atoms with Crippen LogP contribution in [0.15, 0.2) is 60.7 Å². The predicted octanol–water partition coefficient (Wildman–Crippen LogP) is 6.01. The molecule has 4 atom stereocenters. The largest absolute Gasteiger partial charge is 0.346 e. The number of nitrogens with zero attached hydrogens (tertiary/aromatic N) is 1. The summed E-state index contributed by atoms with van der Waals surface area (Å²) in [4.78, 5) is 70.1. The maximum atomic E-state index is 14.1. The van der Waals surface area contributed by atoms with Crippen molar-refractivity contribution in [1.29, 1.82) is 0 Å². The second kappa shape index (κ2) is 18.9. The lowest BCUT2D eigenvalue weighted by Crippen LogP contribution is -2.49. The molecular weight excluding hydrogens is 614 g/mol. The van der Waals surface area contributed by atoms with Crippen LogP contribution < -0.4 is 10.6 Å². The minimum atomic E-state index is -0.805. The lowest BCUT2D eigenvalue weighted by molar-refractivity contribution is -0.135. The van der Waals surface area contributed by atoms with Crippen LogP contribution in [0.5, 0.6) is 0 Å². The molecule has 0 saturated heterocycles. The molecule has 0 radical (unpaired) electrons. The van der Waals surface area contributed by atoms with Crippen LogP contribution in [0.2, 0.25) is 0 Å². The zero-order valence-corrected chi connectivity index (χ0v) is 30.8. The van der Waals surface area contributed by atoms with E-state index in [1.165, 1.54) is 0 Å². The Morgan fingerprint density at radius 3 is 1.76 bits per heavy atom. The van der Waals surface area contributed by atoms with Crippen molar-refractivity contribution >= 4 is 29.2 Å². The molecule has 2 amide bonds. The Morgan fingerprint density at radius 1 is 0.714 bits per heavy atom. The number of benzene rings is 2. The van der Waals surface area contributed by atoms with E-state index in [0.717, 1.165) is 24.0 Å². The number of carbonyl (C=O) groups is 5. The summed E-state index contributed by atoms with van der Waals surface area (Å²) in [5, 5.41) is 6.08. The molecule has 0 aliphatic heterocycles. The molecule has 1 fully saturated rings. The van der Waals surface area contributed by atoms with Gasteiger partial charge in [-0.25, -0.2) is 0 Å². The highest BCUT2D eigenvalue weighted by Crippen LogP contribution is 2.47. The van der Waals surface area contributed by atoms with E-state index in [9.17, 15) is 24.0 Å². The van der Waals surface area contributed by atoms with Crippen LogP contribution in [0.25, 0.3) is 0 Å². The van der Waals surface area contributed by atoms with Crippen LogP contribution in [0.1, 0.15) is 90.7 Å². The van der Waals surface area contributed by atoms with Gasteiger partial charge in [-0.3, -0.25) is 24.0 Å². The number of carbonyl (C=O) groups excluding carboxylic acids is 5. The number of amides is 2. The van der Waals surface area contributed by atoms with Crippen LogP contribution in [0.3, 0.4) is 0 Å². The Bertz CT molecular complexity index is 1380. The fraction of sp³-hybridized carbons (Fsp3) is 0.585. The maximum absolute atomic E-state index is 14.1. The van der Waals surface area contributed by atoms with Gasteiger partial charge in [0.1, 0.15) is 5.78 Å². The van der Waals surface area contributed by atoms with Crippen molar-refractivity contribution in [1.82, 2.24) is 15.5 Å². The SMILES string of the molecule is CC(C)CC(NC(=O)[C@H](CCc1ccccc1)CC(=O)CN(C)C)C(=O)C[C@@H](Cc1ccccc1)C(=O)NC(CC(C)C)C(=O)C1(C)CC1. The standard InChI is InChI=1S/C41H59N3O5/c1-28(2)22-35(42-39(48)32(25-34(45)27-44(6)7)19-18-30-14-10-8-11-15-30)37(46)26-33(24-31-16-12-9-13-17-31)40(49)43-36(23-29(3)4)38(47)41(5)20-21-41/h8-17,28-29,32-33,35-36H,18-27H2,1-7H3,(H,42,48)(H,43,49)/t32-,33-,35?,36?/m1/s1. The van der Waals surface area contributed by atoms with E-state index >= 15 is 0 Å². The van der Waals surface area contributed by atoms with Gasteiger partial charge in [0.15, 0.2) is 11.6 Å². The van der Waals surface area contributed by atoms with Crippen molar-refractivity contribution in [2.24, 2.45) is 29.1 Å². The van der Waals surface area contributed by atoms with Gasteiger partial charge in [0, 0.05) is 30.1 Å². The van der Waals surface area contributed by atoms with Crippen LogP contribution in [0, 0.1) is 29.1 Å². The number of nitrogens with one attached hydrogen (secondary N) is 2. The van der Waals surface area contributed by atoms with Crippen LogP contribution in [0.4, 0.5) is 0 Å². The molecule has 8 heteroatoms. The van der Waals surface area contributed by atoms with Gasteiger partial charge in [0.05, 0.1) is 18.6 Å². The first-order valence-electron chi connectivity index (χ1n) is 18.1. The zero-order valence-electron chi connectivity index (χ0n) is 30.8. The van der Waals surface area contributed by atoms with Crippen LogP contribution >= 0.6 is 0 Å². The molecule has 3 rings (SSSR count). The molecule has 0 spiro atoms. The second-order valence-electron chi connectivity index (χ2n) is 15.6. The average Bonchev–Trinajstić information content (AvgIpc) is 3.79. The Balaban J connectivity index is 1.82. The minimum Gasteiger partial charge on any atom is -0.346 e. The summed E-state index contributed by atoms with van der Waals surface area (Å²) in [7, 11) is 3.65. The molecule has 1 saturated carbocycles. The summed E-state index contributed by atoms with van der Waals surface area (Å²) in [6, 6.07) is 18.0. The first-order chi connectivity index (χ1) is 23.2. The van der Waals surface area contributed by atoms with Crippen molar-refractivity contribution in [3.8, 4) is 0 Å². The fourth-order valence-electron chi connectivity index (χ4n) is 6.42. The van der Waals surface area contributed by atoms with Gasteiger partial charge in [-0.1, -0.05) is 95.3 Å². The molecule has 268 valence electrons. The van der Waals surface area contributed by atoms with Crippen molar-refractivity contribution in [3.05, 3.63) is 71.8 Å². The Kier molecular flexibility index (Phi) is 15.4. The third-order valence-electron chi connectivity index (χ3n) is 9.45. The summed E-state index contributed by atoms with van der Waals surface area (Å²) in [5.74, 6) is -1.82. The molecule has 0 aromatic heterocycles. The zero-order chi connectivity index (χ0) is 36.1. The monoisotopic (exact) mass is 673 g/mol. The highest BCUT2D eigenvalue weighted by molar-refractivity contribution is 5.97. The van der Waals surface area contributed by atoms with E-state index in [-0.39, 0.29) is 60.4 Å². The molecule has 49 heavy (non-hydrogen) atoms. The van der Waals surface area contributed by atoms with E-state index in [1.54, 1.807) is 4.90 Å². The number of aryl methyl sites for hydroxylation is 1. The van der Waals surface area contributed by atoms with Crippen LogP contribution in [-0.4, -0.2) is 66.8 Å². The summed E-state index contributed by atoms with van der Waals surface area (Å²) < 4.78 is 0. The first kappa shape index (κ1) is 39.8. The highest BCUT2D eigenvalue weighted by Gasteiger charge is 2.48. The van der Waals surface area contributed by atoms with Gasteiger partial charge in [0.25, 0.3) is 0 Å². The Hall–Kier alpha value is -3.65. The van der Waals surface area contributed by atoms with Gasteiger partial charge >= 0.3 is 0 Å². The predicted molar refractivity (Wildman–Crippen MR) is 195 cm³/mol. The molecular formula is C41H59N3O5. The van der Waals surface area contributed by atoms with E-state index in [2.05, 4.69) is 10.6 Å². The van der Waals surface area contributed by atoms with Crippen molar-refractivity contribution in [2.45, 2.75) is 104 Å². The number of ketones is 3. The van der Waals surface area contributed by atoms with Crippen LogP contribution in [-0.2, 0) is 36.8 Å². The van der Waals surface area contributed by atoms with E-state index in [0.29, 0.717) is 32.1 Å². The van der Waals surface area contributed by atoms with E-state index in [4.69, 9.17) is 0 Å². The van der Waals surface area contributed by atoms with E-state index < -0.39 is 29.3 Å². The average molecular weight is 674 g/mol.